The van der Waals surface area contributed by atoms with Gasteiger partial charge in [-0.2, -0.15) is 0 Å². The van der Waals surface area contributed by atoms with E-state index in [2.05, 4.69) is 22.5 Å². The zero-order valence-electron chi connectivity index (χ0n) is 15.5. The van der Waals surface area contributed by atoms with Crippen LogP contribution in [0.25, 0.3) is 0 Å². The Morgan fingerprint density at radius 2 is 2.00 bits per heavy atom. The Bertz CT molecular complexity index is 810. The Hall–Kier alpha value is -2.63. The third-order valence-corrected chi connectivity index (χ3v) is 4.75. The molecule has 6 heteroatoms. The van der Waals surface area contributed by atoms with Gasteiger partial charge in [0.25, 0.3) is 11.8 Å². The topological polar surface area (TPSA) is 76.0 Å². The minimum Gasteiger partial charge on any atom is -0.349 e. The van der Waals surface area contributed by atoms with Gasteiger partial charge in [-0.25, -0.2) is 4.98 Å². The number of unbranched alkanes of at least 4 members (excludes halogenated alkanes) is 1. The Morgan fingerprint density at radius 3 is 2.77 bits per heavy atom. The lowest BCUT2D eigenvalue weighted by atomic mass is 10.1. The molecule has 0 atom stereocenters. The maximum atomic E-state index is 12.8. The summed E-state index contributed by atoms with van der Waals surface area (Å²) < 4.78 is 1.91. The smallest absolute Gasteiger partial charge is 0.287 e. The van der Waals surface area contributed by atoms with Crippen LogP contribution in [0.15, 0.2) is 24.3 Å². The average molecular weight is 354 g/mol. The number of nitrogens with zero attached hydrogens (tertiary/aromatic N) is 2. The maximum Gasteiger partial charge on any atom is 0.287 e. The molecule has 0 radical (unpaired) electrons. The van der Waals surface area contributed by atoms with Gasteiger partial charge in [0.05, 0.1) is 5.69 Å². The lowest BCUT2D eigenvalue weighted by Gasteiger charge is -2.17. The van der Waals surface area contributed by atoms with Crippen molar-refractivity contribution in [1.82, 2.24) is 14.9 Å². The number of carbonyl (C=O) groups is 2. The van der Waals surface area contributed by atoms with Gasteiger partial charge in [-0.05, 0) is 44.2 Å². The van der Waals surface area contributed by atoms with Crippen molar-refractivity contribution in [2.75, 3.05) is 11.9 Å². The molecule has 0 bridgehead atoms. The van der Waals surface area contributed by atoms with E-state index in [1.165, 1.54) is 0 Å². The number of rotatable bonds is 6. The maximum absolute atomic E-state index is 12.8. The first-order valence-electron chi connectivity index (χ1n) is 9.36. The monoisotopic (exact) mass is 354 g/mol. The van der Waals surface area contributed by atoms with Gasteiger partial charge in [-0.15, -0.1) is 0 Å². The van der Waals surface area contributed by atoms with Crippen LogP contribution in [0, 0.1) is 6.92 Å². The van der Waals surface area contributed by atoms with Gasteiger partial charge in [0.15, 0.2) is 11.5 Å². The summed E-state index contributed by atoms with van der Waals surface area (Å²) in [5.74, 6) is -0.0974. The number of fused-ring (bicyclic) bond motifs is 1. The van der Waals surface area contributed by atoms with Crippen LogP contribution in [-0.4, -0.2) is 27.9 Å². The first-order valence-corrected chi connectivity index (χ1v) is 9.36. The van der Waals surface area contributed by atoms with Crippen LogP contribution in [-0.2, 0) is 13.0 Å². The molecule has 1 aromatic carbocycles. The fourth-order valence-electron chi connectivity index (χ4n) is 3.25. The fourth-order valence-corrected chi connectivity index (χ4v) is 3.25. The zero-order valence-corrected chi connectivity index (χ0v) is 15.5. The third kappa shape index (κ3) is 3.79. The Balaban J connectivity index is 1.86. The van der Waals surface area contributed by atoms with E-state index in [1.54, 1.807) is 0 Å². The van der Waals surface area contributed by atoms with Gasteiger partial charge in [0, 0.05) is 18.8 Å². The van der Waals surface area contributed by atoms with Crippen molar-refractivity contribution in [3.63, 3.8) is 0 Å². The van der Waals surface area contributed by atoms with E-state index in [0.717, 1.165) is 55.6 Å². The number of anilines is 1. The number of amides is 2. The molecule has 26 heavy (non-hydrogen) atoms. The van der Waals surface area contributed by atoms with E-state index < -0.39 is 0 Å². The van der Waals surface area contributed by atoms with Crippen LogP contribution >= 0.6 is 0 Å². The molecule has 0 saturated heterocycles. The van der Waals surface area contributed by atoms with Crippen LogP contribution in [0.2, 0.25) is 0 Å². The van der Waals surface area contributed by atoms with E-state index in [4.69, 9.17) is 0 Å². The van der Waals surface area contributed by atoms with Crippen LogP contribution in [0.5, 0.6) is 0 Å². The number of para-hydroxylation sites is 1. The van der Waals surface area contributed by atoms with Crippen LogP contribution < -0.4 is 10.6 Å². The molecule has 0 aliphatic carbocycles. The number of imidazole rings is 1. The molecule has 1 aromatic heterocycles. The summed E-state index contributed by atoms with van der Waals surface area (Å²) in [6.45, 7) is 5.39. The van der Waals surface area contributed by atoms with Gasteiger partial charge in [0.1, 0.15) is 0 Å². The molecule has 0 saturated carbocycles. The van der Waals surface area contributed by atoms with Gasteiger partial charge in [-0.1, -0.05) is 31.5 Å². The van der Waals surface area contributed by atoms with Crippen molar-refractivity contribution in [3.8, 4) is 0 Å². The molecular formula is C20H26N4O2. The van der Waals surface area contributed by atoms with Crippen molar-refractivity contribution < 1.29 is 9.59 Å². The highest BCUT2D eigenvalue weighted by molar-refractivity contribution is 6.05. The molecule has 2 amide bonds. The summed E-state index contributed by atoms with van der Waals surface area (Å²) in [5.41, 5.74) is 2.99. The van der Waals surface area contributed by atoms with Gasteiger partial charge in [0.2, 0.25) is 0 Å². The minimum absolute atomic E-state index is 0.198. The highest BCUT2D eigenvalue weighted by Crippen LogP contribution is 2.23. The van der Waals surface area contributed by atoms with Gasteiger partial charge < -0.3 is 15.2 Å². The Morgan fingerprint density at radius 1 is 1.19 bits per heavy atom. The first-order chi connectivity index (χ1) is 12.6. The summed E-state index contributed by atoms with van der Waals surface area (Å²) in [6, 6.07) is 7.64. The fraction of sp³-hybridized carbons (Fsp3) is 0.450. The zero-order chi connectivity index (χ0) is 18.5. The molecule has 6 nitrogen and oxygen atoms in total. The molecule has 0 fully saturated rings. The predicted molar refractivity (Wildman–Crippen MR) is 102 cm³/mol. The van der Waals surface area contributed by atoms with Crippen LogP contribution in [0.3, 0.4) is 0 Å². The van der Waals surface area contributed by atoms with Crippen molar-refractivity contribution in [1.29, 1.82) is 0 Å². The molecule has 1 aliphatic rings. The average Bonchev–Trinajstić information content (AvgIpc) is 3.04. The number of carbonyl (C=O) groups excluding carboxylic acids is 2. The van der Waals surface area contributed by atoms with Crippen LogP contribution in [0.4, 0.5) is 5.69 Å². The molecule has 0 unspecified atom stereocenters. The van der Waals surface area contributed by atoms with Gasteiger partial charge in [-0.3, -0.25) is 9.59 Å². The number of nitrogens with one attached hydrogen (secondary N) is 2. The van der Waals surface area contributed by atoms with E-state index in [1.807, 2.05) is 35.8 Å². The molecule has 138 valence electrons. The molecule has 3 rings (SSSR count). The normalized spacial score (nSPS) is 13.2. The van der Waals surface area contributed by atoms with Crippen molar-refractivity contribution in [2.45, 2.75) is 52.5 Å². The van der Waals surface area contributed by atoms with Crippen molar-refractivity contribution in [3.05, 3.63) is 47.0 Å². The Labute approximate surface area is 154 Å². The number of aromatic nitrogens is 2. The number of hydrogen-bond acceptors (Lipinski definition) is 3. The van der Waals surface area contributed by atoms with Crippen molar-refractivity contribution >= 4 is 17.5 Å². The molecular weight excluding hydrogens is 328 g/mol. The van der Waals surface area contributed by atoms with Crippen LogP contribution in [0.1, 0.15) is 65.0 Å². The lowest BCUT2D eigenvalue weighted by Crippen LogP contribution is -2.28. The largest absolute Gasteiger partial charge is 0.349 e. The number of hydrogen-bond donors (Lipinski definition) is 2. The van der Waals surface area contributed by atoms with E-state index in [-0.39, 0.29) is 11.8 Å². The quantitative estimate of drug-likeness (QED) is 0.782. The molecule has 0 spiro atoms. The van der Waals surface area contributed by atoms with Gasteiger partial charge >= 0.3 is 0 Å². The summed E-state index contributed by atoms with van der Waals surface area (Å²) in [5, 5.41) is 5.84. The summed E-state index contributed by atoms with van der Waals surface area (Å²) >= 11 is 0. The molecule has 2 aromatic rings. The second-order valence-corrected chi connectivity index (χ2v) is 6.72. The third-order valence-electron chi connectivity index (χ3n) is 4.75. The molecule has 1 aliphatic heterocycles. The highest BCUT2D eigenvalue weighted by atomic mass is 16.2. The van der Waals surface area contributed by atoms with E-state index in [0.29, 0.717) is 18.1 Å². The van der Waals surface area contributed by atoms with E-state index in [9.17, 15) is 9.59 Å². The summed E-state index contributed by atoms with van der Waals surface area (Å²) in [7, 11) is 0. The summed E-state index contributed by atoms with van der Waals surface area (Å²) in [6.07, 6.45) is 4.72. The van der Waals surface area contributed by atoms with Crippen molar-refractivity contribution in [2.24, 2.45) is 0 Å². The standard InChI is InChI=1S/C20H26N4O2/c1-3-4-12-21-20(26)18-23-17(16-11-7-8-13-24(16)18)19(25)22-15-10-6-5-9-14(15)2/h5-6,9-10H,3-4,7-8,11-13H2,1-2H3,(H,21,26)(H,22,25). The highest BCUT2D eigenvalue weighted by Gasteiger charge is 2.27. The SMILES string of the molecule is CCCCNC(=O)c1nc(C(=O)Nc2ccccc2C)c2n1CCCC2. The molecule has 2 N–H and O–H groups in total. The van der Waals surface area contributed by atoms with E-state index >= 15 is 0 Å². The lowest BCUT2D eigenvalue weighted by molar-refractivity contribution is 0.0937. The minimum atomic E-state index is -0.252. The number of benzene rings is 1. The predicted octanol–water partition coefficient (Wildman–Crippen LogP) is 3.31. The Kier molecular flexibility index (Phi) is 5.71. The molecule has 2 heterocycles. The first kappa shape index (κ1) is 18.2. The summed E-state index contributed by atoms with van der Waals surface area (Å²) in [4.78, 5) is 29.8. The number of aryl methyl sites for hydroxylation is 1. The second-order valence-electron chi connectivity index (χ2n) is 6.72. The second kappa shape index (κ2) is 8.17.